The number of carboxylic acid groups (broad SMARTS) is 1. The molecule has 11 heteroatoms. The fourth-order valence-corrected chi connectivity index (χ4v) is 3.23. The van der Waals surface area contributed by atoms with E-state index in [1.165, 1.54) is 0 Å². The van der Waals surface area contributed by atoms with Gasteiger partial charge in [-0.25, -0.2) is 4.79 Å². The number of hydrogen-bond donors (Lipinski definition) is 1. The number of benzene rings is 1. The van der Waals surface area contributed by atoms with Crippen LogP contribution < -0.4 is 0 Å². The molecule has 182 valence electrons. The Kier molecular flexibility index (Phi) is 10.2. The number of carbonyl (C=O) groups excluding carboxylic acids is 3. The topological polar surface area (TPSA) is 144 Å². The first-order valence-electron chi connectivity index (χ1n) is 10.3. The van der Waals surface area contributed by atoms with Gasteiger partial charge in [0.15, 0.2) is 30.7 Å². The SMILES string of the molecule is CC(=O)O[C@@H]1[C@@H](OC(C)=O)[C@H](OCCCOCc2ccccc2)O[C@H](C(=O)O)[C@H]1OC(C)=O. The van der Waals surface area contributed by atoms with Crippen LogP contribution in [-0.4, -0.2) is 72.9 Å². The smallest absolute Gasteiger partial charge is 0.337 e. The molecule has 1 aromatic carbocycles. The molecule has 5 atom stereocenters. The molecule has 0 saturated carbocycles. The van der Waals surface area contributed by atoms with E-state index in [-0.39, 0.29) is 6.61 Å². The second-order valence-electron chi connectivity index (χ2n) is 7.25. The molecule has 1 aliphatic heterocycles. The maximum Gasteiger partial charge on any atom is 0.337 e. The molecule has 11 nitrogen and oxygen atoms in total. The summed E-state index contributed by atoms with van der Waals surface area (Å²) in [6.07, 6.45) is -7.06. The van der Waals surface area contributed by atoms with Gasteiger partial charge in [0.05, 0.1) is 13.2 Å². The molecule has 33 heavy (non-hydrogen) atoms. The third kappa shape index (κ3) is 8.44. The quantitative estimate of drug-likeness (QED) is 0.284. The van der Waals surface area contributed by atoms with Crippen LogP contribution in [0, 0.1) is 0 Å². The predicted octanol–water partition coefficient (Wildman–Crippen LogP) is 1.21. The Morgan fingerprint density at radius 1 is 0.848 bits per heavy atom. The Hall–Kier alpha value is -3.02. The minimum absolute atomic E-state index is 0.0641. The molecule has 0 spiro atoms. The van der Waals surface area contributed by atoms with Gasteiger partial charge < -0.3 is 33.5 Å². The van der Waals surface area contributed by atoms with Crippen LogP contribution in [0.5, 0.6) is 0 Å². The van der Waals surface area contributed by atoms with E-state index in [1.54, 1.807) is 0 Å². The molecule has 0 unspecified atom stereocenters. The third-order valence-corrected chi connectivity index (χ3v) is 4.47. The molecule has 1 aromatic rings. The van der Waals surface area contributed by atoms with Crippen molar-refractivity contribution in [3.05, 3.63) is 35.9 Å². The second-order valence-corrected chi connectivity index (χ2v) is 7.25. The van der Waals surface area contributed by atoms with Crippen molar-refractivity contribution in [2.24, 2.45) is 0 Å². The molecule has 1 N–H and O–H groups in total. The van der Waals surface area contributed by atoms with E-state index in [0.717, 1.165) is 26.3 Å². The molecule has 1 saturated heterocycles. The summed E-state index contributed by atoms with van der Waals surface area (Å²) in [6.45, 7) is 4.07. The van der Waals surface area contributed by atoms with Crippen molar-refractivity contribution in [3.63, 3.8) is 0 Å². The third-order valence-electron chi connectivity index (χ3n) is 4.47. The fourth-order valence-electron chi connectivity index (χ4n) is 3.23. The number of aliphatic carboxylic acids is 1. The average Bonchev–Trinajstić information content (AvgIpc) is 2.73. The van der Waals surface area contributed by atoms with Crippen molar-refractivity contribution in [2.45, 2.75) is 64.5 Å². The van der Waals surface area contributed by atoms with Gasteiger partial charge >= 0.3 is 23.9 Å². The zero-order valence-corrected chi connectivity index (χ0v) is 18.6. The molecule has 0 bridgehead atoms. The highest BCUT2D eigenvalue weighted by Gasteiger charge is 2.54. The van der Waals surface area contributed by atoms with E-state index in [0.29, 0.717) is 19.6 Å². The minimum Gasteiger partial charge on any atom is -0.479 e. The number of rotatable bonds is 11. The summed E-state index contributed by atoms with van der Waals surface area (Å²) >= 11 is 0. The number of hydrogen-bond acceptors (Lipinski definition) is 10. The summed E-state index contributed by atoms with van der Waals surface area (Å²) in [7, 11) is 0. The van der Waals surface area contributed by atoms with Gasteiger partial charge in [-0.2, -0.15) is 0 Å². The van der Waals surface area contributed by atoms with Gasteiger partial charge in [-0.05, 0) is 12.0 Å². The molecule has 2 rings (SSSR count). The van der Waals surface area contributed by atoms with Gasteiger partial charge in [0.2, 0.25) is 0 Å². The second kappa shape index (κ2) is 12.9. The van der Waals surface area contributed by atoms with Crippen LogP contribution in [0.25, 0.3) is 0 Å². The van der Waals surface area contributed by atoms with Crippen molar-refractivity contribution >= 4 is 23.9 Å². The standard InChI is InChI=1S/C22H28O11/c1-13(23)30-17-18(31-14(2)24)20(32-15(3)25)22(33-19(17)21(26)27)29-11-7-10-28-12-16-8-5-4-6-9-16/h4-6,8-9,17-20,22H,7,10-12H2,1-3H3,(H,26,27)/t17-,18-,19-,20+,22+/m0/s1. The highest BCUT2D eigenvalue weighted by Crippen LogP contribution is 2.29. The van der Waals surface area contributed by atoms with Crippen LogP contribution in [0.4, 0.5) is 0 Å². The first-order chi connectivity index (χ1) is 15.7. The van der Waals surface area contributed by atoms with E-state index in [2.05, 4.69) is 0 Å². The summed E-state index contributed by atoms with van der Waals surface area (Å²) in [5.41, 5.74) is 1.01. The molecule has 1 aliphatic rings. The van der Waals surface area contributed by atoms with Crippen molar-refractivity contribution in [3.8, 4) is 0 Å². The fraction of sp³-hybridized carbons (Fsp3) is 0.545. The van der Waals surface area contributed by atoms with Crippen LogP contribution in [0.15, 0.2) is 30.3 Å². The van der Waals surface area contributed by atoms with Crippen LogP contribution in [0.1, 0.15) is 32.8 Å². The maximum absolute atomic E-state index is 11.8. The normalized spacial score (nSPS) is 24.5. The number of carbonyl (C=O) groups is 4. The van der Waals surface area contributed by atoms with Gasteiger partial charge in [-0.3, -0.25) is 14.4 Å². The zero-order valence-electron chi connectivity index (χ0n) is 18.6. The lowest BCUT2D eigenvalue weighted by molar-refractivity contribution is -0.301. The summed E-state index contributed by atoms with van der Waals surface area (Å²) in [4.78, 5) is 46.6. The van der Waals surface area contributed by atoms with E-state index in [9.17, 15) is 24.3 Å². The first-order valence-corrected chi connectivity index (χ1v) is 10.3. The van der Waals surface area contributed by atoms with Gasteiger partial charge in [0.1, 0.15) is 0 Å². The molecule has 0 radical (unpaired) electrons. The first kappa shape index (κ1) is 26.2. The average molecular weight is 468 g/mol. The molecule has 0 aliphatic carbocycles. The van der Waals surface area contributed by atoms with Crippen molar-refractivity contribution in [1.29, 1.82) is 0 Å². The lowest BCUT2D eigenvalue weighted by Gasteiger charge is -2.42. The number of carboxylic acids is 1. The minimum atomic E-state index is -1.72. The van der Waals surface area contributed by atoms with Crippen LogP contribution >= 0.6 is 0 Å². The number of esters is 3. The highest BCUT2D eigenvalue weighted by molar-refractivity contribution is 5.75. The van der Waals surface area contributed by atoms with Crippen molar-refractivity contribution < 1.29 is 52.7 Å². The van der Waals surface area contributed by atoms with Crippen molar-refractivity contribution in [2.75, 3.05) is 13.2 Å². The highest BCUT2D eigenvalue weighted by atomic mass is 16.7. The summed E-state index contributed by atoms with van der Waals surface area (Å²) in [5, 5.41) is 9.57. The Morgan fingerprint density at radius 2 is 1.42 bits per heavy atom. The van der Waals surface area contributed by atoms with Crippen LogP contribution in [0.2, 0.25) is 0 Å². The van der Waals surface area contributed by atoms with E-state index in [1.807, 2.05) is 30.3 Å². The maximum atomic E-state index is 11.8. The van der Waals surface area contributed by atoms with Gasteiger partial charge in [0.25, 0.3) is 0 Å². The summed E-state index contributed by atoms with van der Waals surface area (Å²) < 4.78 is 32.1. The molecule has 1 fully saturated rings. The molecule has 1 heterocycles. The largest absolute Gasteiger partial charge is 0.479 e. The molecular formula is C22H28O11. The van der Waals surface area contributed by atoms with Crippen LogP contribution in [0.3, 0.4) is 0 Å². The van der Waals surface area contributed by atoms with E-state index < -0.39 is 54.6 Å². The Morgan fingerprint density at radius 3 is 2.00 bits per heavy atom. The lowest BCUT2D eigenvalue weighted by Crippen LogP contribution is -2.63. The summed E-state index contributed by atoms with van der Waals surface area (Å²) in [5.74, 6) is -3.85. The zero-order chi connectivity index (χ0) is 24.4. The molecule has 0 aromatic heterocycles. The van der Waals surface area contributed by atoms with E-state index >= 15 is 0 Å². The van der Waals surface area contributed by atoms with Gasteiger partial charge in [0, 0.05) is 27.4 Å². The summed E-state index contributed by atoms with van der Waals surface area (Å²) in [6, 6.07) is 9.56. The molecular weight excluding hydrogens is 440 g/mol. The Balaban J connectivity index is 2.06. The number of ether oxygens (including phenoxy) is 6. The lowest BCUT2D eigenvalue weighted by atomic mass is 9.98. The Bertz CT molecular complexity index is 810. The van der Waals surface area contributed by atoms with Gasteiger partial charge in [-0.1, -0.05) is 30.3 Å². The van der Waals surface area contributed by atoms with Crippen molar-refractivity contribution in [1.82, 2.24) is 0 Å². The predicted molar refractivity (Wildman–Crippen MR) is 110 cm³/mol. The van der Waals surface area contributed by atoms with E-state index in [4.69, 9.17) is 28.4 Å². The Labute approximate surface area is 190 Å². The molecule has 0 amide bonds. The van der Waals surface area contributed by atoms with Crippen LogP contribution in [-0.2, 0) is 54.2 Å². The monoisotopic (exact) mass is 468 g/mol. The van der Waals surface area contributed by atoms with Gasteiger partial charge in [-0.15, -0.1) is 0 Å².